The molecule has 1 aromatic rings. The molecule has 3 rings (SSSR count). The van der Waals surface area contributed by atoms with Gasteiger partial charge in [0.05, 0.1) is 6.10 Å². The summed E-state index contributed by atoms with van der Waals surface area (Å²) in [5, 5.41) is 9.64. The predicted molar refractivity (Wildman–Crippen MR) is 83.8 cm³/mol. The van der Waals surface area contributed by atoms with Crippen molar-refractivity contribution >= 4 is 0 Å². The Morgan fingerprint density at radius 1 is 0.950 bits per heavy atom. The molecule has 1 unspecified atom stereocenters. The fraction of sp³-hybridized carbons (Fsp3) is 0.579. The van der Waals surface area contributed by atoms with Crippen LogP contribution in [0.25, 0.3) is 0 Å². The molecule has 1 atom stereocenters. The van der Waals surface area contributed by atoms with E-state index in [0.717, 1.165) is 24.7 Å². The molecule has 1 aromatic carbocycles. The van der Waals surface area contributed by atoms with E-state index in [9.17, 15) is 5.11 Å². The summed E-state index contributed by atoms with van der Waals surface area (Å²) >= 11 is 0. The third kappa shape index (κ3) is 3.32. The van der Waals surface area contributed by atoms with Gasteiger partial charge in [-0.3, -0.25) is 0 Å². The van der Waals surface area contributed by atoms with Crippen molar-refractivity contribution in [1.29, 1.82) is 0 Å². The average Bonchev–Trinajstić information content (AvgIpc) is 2.51. The van der Waals surface area contributed by atoms with E-state index in [1.54, 1.807) is 11.1 Å². The first-order chi connectivity index (χ1) is 9.83. The summed E-state index contributed by atoms with van der Waals surface area (Å²) in [6.07, 6.45) is 14.0. The molecule has 1 fully saturated rings. The summed E-state index contributed by atoms with van der Waals surface area (Å²) in [6.45, 7) is 0. The number of benzene rings is 1. The van der Waals surface area contributed by atoms with E-state index < -0.39 is 0 Å². The van der Waals surface area contributed by atoms with Crippen LogP contribution in [0.5, 0.6) is 0 Å². The number of allylic oxidation sites excluding steroid dienone is 2. The van der Waals surface area contributed by atoms with Gasteiger partial charge in [-0.05, 0) is 74.3 Å². The lowest BCUT2D eigenvalue weighted by atomic mass is 9.79. The predicted octanol–water partition coefficient (Wildman–Crippen LogP) is 4.60. The van der Waals surface area contributed by atoms with E-state index in [1.807, 2.05) is 0 Å². The maximum Gasteiger partial charge on any atom is 0.0540 e. The first-order valence-electron chi connectivity index (χ1n) is 8.24. The van der Waals surface area contributed by atoms with Gasteiger partial charge in [0, 0.05) is 0 Å². The van der Waals surface area contributed by atoms with Crippen molar-refractivity contribution in [2.45, 2.75) is 63.4 Å². The van der Waals surface area contributed by atoms with E-state index in [-0.39, 0.29) is 6.10 Å². The molecule has 1 nitrogen and oxygen atoms in total. The molecule has 20 heavy (non-hydrogen) atoms. The topological polar surface area (TPSA) is 20.2 Å². The first-order valence-corrected chi connectivity index (χ1v) is 8.24. The fourth-order valence-electron chi connectivity index (χ4n) is 3.85. The van der Waals surface area contributed by atoms with Gasteiger partial charge >= 0.3 is 0 Å². The molecule has 0 heterocycles. The monoisotopic (exact) mass is 270 g/mol. The maximum absolute atomic E-state index is 9.64. The van der Waals surface area contributed by atoms with E-state index in [0.29, 0.717) is 0 Å². The minimum absolute atomic E-state index is 0.0371. The van der Waals surface area contributed by atoms with Crippen LogP contribution in [0, 0.1) is 5.92 Å². The van der Waals surface area contributed by atoms with Crippen molar-refractivity contribution in [2.75, 3.05) is 0 Å². The van der Waals surface area contributed by atoms with Gasteiger partial charge in [0.1, 0.15) is 0 Å². The van der Waals surface area contributed by atoms with Crippen LogP contribution in [0.4, 0.5) is 0 Å². The Balaban J connectivity index is 1.71. The summed E-state index contributed by atoms with van der Waals surface area (Å²) in [5.74, 6) is 1.50. The van der Waals surface area contributed by atoms with Crippen molar-refractivity contribution in [1.82, 2.24) is 0 Å². The lowest BCUT2D eigenvalue weighted by Crippen LogP contribution is -2.20. The number of rotatable bonds is 3. The van der Waals surface area contributed by atoms with Crippen LogP contribution in [0.2, 0.25) is 0 Å². The lowest BCUT2D eigenvalue weighted by molar-refractivity contribution is 0.108. The number of hydrogen-bond acceptors (Lipinski definition) is 1. The Kier molecular flexibility index (Phi) is 4.57. The van der Waals surface area contributed by atoms with Crippen molar-refractivity contribution in [3.8, 4) is 0 Å². The van der Waals surface area contributed by atoms with Crippen molar-refractivity contribution in [3.63, 3.8) is 0 Å². The van der Waals surface area contributed by atoms with Crippen LogP contribution < -0.4 is 0 Å². The fourth-order valence-corrected chi connectivity index (χ4v) is 3.85. The van der Waals surface area contributed by atoms with Crippen LogP contribution in [0.1, 0.15) is 62.0 Å². The lowest BCUT2D eigenvalue weighted by Gasteiger charge is -2.27. The zero-order valence-electron chi connectivity index (χ0n) is 12.3. The highest BCUT2D eigenvalue weighted by Gasteiger charge is 2.22. The van der Waals surface area contributed by atoms with Gasteiger partial charge in [0.15, 0.2) is 0 Å². The highest BCUT2D eigenvalue weighted by molar-refractivity contribution is 5.32. The summed E-state index contributed by atoms with van der Waals surface area (Å²) < 4.78 is 0. The molecule has 2 aliphatic rings. The largest absolute Gasteiger partial charge is 0.393 e. The summed E-state index contributed by atoms with van der Waals surface area (Å²) in [6, 6.07) is 9.06. The maximum atomic E-state index is 9.64. The van der Waals surface area contributed by atoms with Crippen molar-refractivity contribution in [3.05, 3.63) is 47.5 Å². The normalized spacial score (nSPS) is 30.4. The Bertz CT molecular complexity index is 455. The number of aliphatic hydroxyl groups is 1. The molecule has 0 saturated heterocycles. The SMILES string of the molecule is OC1CCC(Cc2ccccc2C2CC=CCC2)CC1. The van der Waals surface area contributed by atoms with E-state index >= 15 is 0 Å². The standard InChI is InChI=1S/C19H26O/c20-18-12-10-15(11-13-18)14-17-8-4-5-9-19(17)16-6-2-1-3-7-16/h1-2,4-5,8-9,15-16,18,20H,3,6-7,10-14H2. The molecule has 0 spiro atoms. The van der Waals surface area contributed by atoms with Crippen LogP contribution in [0.3, 0.4) is 0 Å². The second-order valence-corrected chi connectivity index (χ2v) is 6.56. The van der Waals surface area contributed by atoms with Gasteiger partial charge in [-0.1, -0.05) is 36.4 Å². The van der Waals surface area contributed by atoms with Gasteiger partial charge in [-0.15, -0.1) is 0 Å². The summed E-state index contributed by atoms with van der Waals surface area (Å²) in [5.41, 5.74) is 3.15. The van der Waals surface area contributed by atoms with Crippen LogP contribution >= 0.6 is 0 Å². The van der Waals surface area contributed by atoms with Gasteiger partial charge in [-0.25, -0.2) is 0 Å². The smallest absolute Gasteiger partial charge is 0.0540 e. The van der Waals surface area contributed by atoms with Gasteiger partial charge < -0.3 is 5.11 Å². The zero-order valence-corrected chi connectivity index (χ0v) is 12.3. The van der Waals surface area contributed by atoms with Crippen molar-refractivity contribution in [2.24, 2.45) is 5.92 Å². The van der Waals surface area contributed by atoms with E-state index in [4.69, 9.17) is 0 Å². The summed E-state index contributed by atoms with van der Waals surface area (Å²) in [7, 11) is 0. The molecule has 0 amide bonds. The average molecular weight is 270 g/mol. The van der Waals surface area contributed by atoms with Gasteiger partial charge in [0.25, 0.3) is 0 Å². The molecule has 0 bridgehead atoms. The molecule has 108 valence electrons. The molecular weight excluding hydrogens is 244 g/mol. The Labute approximate surface area is 122 Å². The highest BCUT2D eigenvalue weighted by Crippen LogP contribution is 2.34. The van der Waals surface area contributed by atoms with Crippen LogP contribution in [0.15, 0.2) is 36.4 Å². The molecule has 1 N–H and O–H groups in total. The minimum Gasteiger partial charge on any atom is -0.393 e. The zero-order chi connectivity index (χ0) is 13.8. The Morgan fingerprint density at radius 2 is 1.75 bits per heavy atom. The minimum atomic E-state index is -0.0371. The number of aliphatic hydroxyl groups excluding tert-OH is 1. The molecule has 1 saturated carbocycles. The molecule has 0 radical (unpaired) electrons. The number of hydrogen-bond donors (Lipinski definition) is 1. The molecule has 1 heteroatoms. The third-order valence-corrected chi connectivity index (χ3v) is 5.09. The molecule has 0 aliphatic heterocycles. The quantitative estimate of drug-likeness (QED) is 0.796. The van der Waals surface area contributed by atoms with E-state index in [1.165, 1.54) is 38.5 Å². The van der Waals surface area contributed by atoms with E-state index in [2.05, 4.69) is 36.4 Å². The van der Waals surface area contributed by atoms with Gasteiger partial charge in [-0.2, -0.15) is 0 Å². The third-order valence-electron chi connectivity index (χ3n) is 5.09. The highest BCUT2D eigenvalue weighted by atomic mass is 16.3. The van der Waals surface area contributed by atoms with Crippen LogP contribution in [-0.2, 0) is 6.42 Å². The molecular formula is C19H26O. The van der Waals surface area contributed by atoms with Crippen molar-refractivity contribution < 1.29 is 5.11 Å². The second kappa shape index (κ2) is 6.58. The van der Waals surface area contributed by atoms with Gasteiger partial charge in [0.2, 0.25) is 0 Å². The summed E-state index contributed by atoms with van der Waals surface area (Å²) in [4.78, 5) is 0. The molecule has 2 aliphatic carbocycles. The first kappa shape index (κ1) is 13.9. The van der Waals surface area contributed by atoms with Crippen LogP contribution in [-0.4, -0.2) is 11.2 Å². The Morgan fingerprint density at radius 3 is 2.50 bits per heavy atom. The molecule has 0 aromatic heterocycles. The Hall–Kier alpha value is -1.08. The second-order valence-electron chi connectivity index (χ2n) is 6.56.